The van der Waals surface area contributed by atoms with Crippen LogP contribution in [0.3, 0.4) is 0 Å². The Kier molecular flexibility index (Phi) is 4.60. The molecule has 0 radical (unpaired) electrons. The van der Waals surface area contributed by atoms with E-state index in [1.54, 1.807) is 35.2 Å². The number of nitrogens with zero attached hydrogens (tertiary/aromatic N) is 1. The van der Waals surface area contributed by atoms with Gasteiger partial charge >= 0.3 is 6.03 Å². The summed E-state index contributed by atoms with van der Waals surface area (Å²) in [6.45, 7) is 2.11. The molecule has 1 N–H and O–H groups in total. The Balaban J connectivity index is 1.76. The van der Waals surface area contributed by atoms with Gasteiger partial charge in [-0.3, -0.25) is 4.79 Å². The van der Waals surface area contributed by atoms with Crippen molar-refractivity contribution in [3.63, 3.8) is 0 Å². The molecule has 0 aliphatic carbocycles. The third kappa shape index (κ3) is 3.45. The lowest BCUT2D eigenvalue weighted by Crippen LogP contribution is -2.34. The molecule has 0 unspecified atom stereocenters. The zero-order valence-corrected chi connectivity index (χ0v) is 13.5. The van der Waals surface area contributed by atoms with Gasteiger partial charge in [0, 0.05) is 17.8 Å². The molecule has 0 bridgehead atoms. The van der Waals surface area contributed by atoms with Crippen molar-refractivity contribution >= 4 is 17.5 Å². The van der Waals surface area contributed by atoms with E-state index in [4.69, 9.17) is 0 Å². The van der Waals surface area contributed by atoms with Crippen molar-refractivity contribution in [2.24, 2.45) is 0 Å². The smallest absolute Gasteiger partial charge is 0.317 e. The summed E-state index contributed by atoms with van der Waals surface area (Å²) < 4.78 is 13.5. The number of urea groups is 1. The molecule has 24 heavy (non-hydrogen) atoms. The fraction of sp³-hybridized carbons (Fsp3) is 0.263. The summed E-state index contributed by atoms with van der Waals surface area (Å²) in [6, 6.07) is 12.9. The SMILES string of the molecule is CC(=O)c1cccc(NC(=O)N2CCC[C@@H]2c2cccc(F)c2)c1. The predicted octanol–water partition coefficient (Wildman–Crippen LogP) is 4.40. The molecule has 0 saturated carbocycles. The molecule has 5 heteroatoms. The number of nitrogens with one attached hydrogen (secondary N) is 1. The van der Waals surface area contributed by atoms with E-state index < -0.39 is 0 Å². The number of likely N-dealkylation sites (tertiary alicyclic amines) is 1. The maximum atomic E-state index is 13.5. The fourth-order valence-corrected chi connectivity index (χ4v) is 3.08. The number of carbonyl (C=O) groups excluding carboxylic acids is 2. The van der Waals surface area contributed by atoms with Crippen LogP contribution in [0.15, 0.2) is 48.5 Å². The Morgan fingerprint density at radius 3 is 2.71 bits per heavy atom. The molecule has 1 saturated heterocycles. The van der Waals surface area contributed by atoms with Crippen molar-refractivity contribution in [1.82, 2.24) is 4.90 Å². The minimum absolute atomic E-state index is 0.0510. The average Bonchev–Trinajstić information content (AvgIpc) is 3.05. The van der Waals surface area contributed by atoms with E-state index in [0.29, 0.717) is 17.8 Å². The Morgan fingerprint density at radius 1 is 1.17 bits per heavy atom. The van der Waals surface area contributed by atoms with E-state index in [0.717, 1.165) is 18.4 Å². The van der Waals surface area contributed by atoms with E-state index in [1.807, 2.05) is 6.07 Å². The van der Waals surface area contributed by atoms with E-state index in [2.05, 4.69) is 5.32 Å². The fourth-order valence-electron chi connectivity index (χ4n) is 3.08. The van der Waals surface area contributed by atoms with Crippen LogP contribution >= 0.6 is 0 Å². The van der Waals surface area contributed by atoms with Crippen molar-refractivity contribution < 1.29 is 14.0 Å². The molecule has 1 atom stereocenters. The quantitative estimate of drug-likeness (QED) is 0.850. The lowest BCUT2D eigenvalue weighted by molar-refractivity contribution is 0.101. The molecule has 1 fully saturated rings. The van der Waals surface area contributed by atoms with Crippen LogP contribution < -0.4 is 5.32 Å². The largest absolute Gasteiger partial charge is 0.322 e. The average molecular weight is 326 g/mol. The van der Waals surface area contributed by atoms with Crippen LogP contribution in [0.25, 0.3) is 0 Å². The van der Waals surface area contributed by atoms with Crippen molar-refractivity contribution in [3.8, 4) is 0 Å². The standard InChI is InChI=1S/C19H19FN2O2/c1-13(23)14-5-3-8-17(12-14)21-19(24)22-10-4-9-18(22)15-6-2-7-16(20)11-15/h2-3,5-8,11-12,18H,4,9-10H2,1H3,(H,21,24)/t18-/m1/s1. The van der Waals surface area contributed by atoms with Gasteiger partial charge in [-0.15, -0.1) is 0 Å². The number of ketones is 1. The van der Waals surface area contributed by atoms with Crippen molar-refractivity contribution in [2.75, 3.05) is 11.9 Å². The summed E-state index contributed by atoms with van der Waals surface area (Å²) in [5, 5.41) is 2.83. The molecule has 2 aromatic carbocycles. The highest BCUT2D eigenvalue weighted by atomic mass is 19.1. The van der Waals surface area contributed by atoms with Crippen LogP contribution in [0.2, 0.25) is 0 Å². The molecule has 0 aromatic heterocycles. The molecule has 1 heterocycles. The number of rotatable bonds is 3. The highest BCUT2D eigenvalue weighted by Crippen LogP contribution is 2.32. The molecule has 3 rings (SSSR count). The van der Waals surface area contributed by atoms with E-state index in [-0.39, 0.29) is 23.7 Å². The molecular formula is C19H19FN2O2. The molecule has 124 valence electrons. The van der Waals surface area contributed by atoms with Gasteiger partial charge in [0.15, 0.2) is 5.78 Å². The first kappa shape index (κ1) is 16.2. The zero-order chi connectivity index (χ0) is 17.1. The summed E-state index contributed by atoms with van der Waals surface area (Å²) >= 11 is 0. The van der Waals surface area contributed by atoms with E-state index >= 15 is 0 Å². The third-order valence-corrected chi connectivity index (χ3v) is 4.27. The van der Waals surface area contributed by atoms with Crippen LogP contribution in [-0.2, 0) is 0 Å². The zero-order valence-electron chi connectivity index (χ0n) is 13.5. The molecular weight excluding hydrogens is 307 g/mol. The highest BCUT2D eigenvalue weighted by Gasteiger charge is 2.30. The minimum Gasteiger partial charge on any atom is -0.317 e. The number of benzene rings is 2. The van der Waals surface area contributed by atoms with Gasteiger partial charge in [-0.25, -0.2) is 9.18 Å². The second-order valence-electron chi connectivity index (χ2n) is 5.97. The van der Waals surface area contributed by atoms with E-state index in [1.165, 1.54) is 19.1 Å². The van der Waals surface area contributed by atoms with Gasteiger partial charge in [0.05, 0.1) is 6.04 Å². The molecule has 4 nitrogen and oxygen atoms in total. The second-order valence-corrected chi connectivity index (χ2v) is 5.97. The van der Waals surface area contributed by atoms with Gasteiger partial charge < -0.3 is 10.2 Å². The van der Waals surface area contributed by atoms with Gasteiger partial charge in [-0.05, 0) is 49.6 Å². The number of anilines is 1. The summed E-state index contributed by atoms with van der Waals surface area (Å²) in [6.07, 6.45) is 1.69. The van der Waals surface area contributed by atoms with Gasteiger partial charge in [-0.1, -0.05) is 24.3 Å². The molecule has 2 aromatic rings. The number of carbonyl (C=O) groups is 2. The second kappa shape index (κ2) is 6.83. The summed E-state index contributed by atoms with van der Waals surface area (Å²) in [5.41, 5.74) is 1.94. The molecule has 0 spiro atoms. The van der Waals surface area contributed by atoms with Crippen LogP contribution in [-0.4, -0.2) is 23.3 Å². The number of amides is 2. The number of hydrogen-bond acceptors (Lipinski definition) is 2. The summed E-state index contributed by atoms with van der Waals surface area (Å²) in [5.74, 6) is -0.348. The molecule has 2 amide bonds. The normalized spacial score (nSPS) is 16.9. The summed E-state index contributed by atoms with van der Waals surface area (Å²) in [7, 11) is 0. The Hall–Kier alpha value is -2.69. The minimum atomic E-state index is -0.297. The van der Waals surface area contributed by atoms with Crippen LogP contribution in [0.1, 0.15) is 41.7 Å². The van der Waals surface area contributed by atoms with Crippen LogP contribution in [0.4, 0.5) is 14.9 Å². The predicted molar refractivity (Wildman–Crippen MR) is 90.5 cm³/mol. The van der Waals surface area contributed by atoms with Gasteiger partial charge in [0.1, 0.15) is 5.82 Å². The lowest BCUT2D eigenvalue weighted by Gasteiger charge is -2.25. The van der Waals surface area contributed by atoms with Crippen molar-refractivity contribution in [1.29, 1.82) is 0 Å². The Bertz CT molecular complexity index is 775. The van der Waals surface area contributed by atoms with Crippen LogP contribution in [0.5, 0.6) is 0 Å². The van der Waals surface area contributed by atoms with Crippen molar-refractivity contribution in [2.45, 2.75) is 25.8 Å². The van der Waals surface area contributed by atoms with Gasteiger partial charge in [0.25, 0.3) is 0 Å². The first-order valence-electron chi connectivity index (χ1n) is 7.98. The Morgan fingerprint density at radius 2 is 1.96 bits per heavy atom. The topological polar surface area (TPSA) is 49.4 Å². The lowest BCUT2D eigenvalue weighted by atomic mass is 10.0. The first-order valence-corrected chi connectivity index (χ1v) is 7.98. The maximum Gasteiger partial charge on any atom is 0.322 e. The molecule has 1 aliphatic rings. The van der Waals surface area contributed by atoms with E-state index in [9.17, 15) is 14.0 Å². The summed E-state index contributed by atoms with van der Waals surface area (Å²) in [4.78, 5) is 25.8. The maximum absolute atomic E-state index is 13.5. The van der Waals surface area contributed by atoms with Crippen LogP contribution in [0, 0.1) is 5.82 Å². The van der Waals surface area contributed by atoms with Gasteiger partial charge in [0.2, 0.25) is 0 Å². The first-order chi connectivity index (χ1) is 11.5. The Labute approximate surface area is 140 Å². The molecule has 1 aliphatic heterocycles. The third-order valence-electron chi connectivity index (χ3n) is 4.27. The number of hydrogen-bond donors (Lipinski definition) is 1. The highest BCUT2D eigenvalue weighted by molar-refractivity contribution is 5.96. The van der Waals surface area contributed by atoms with Gasteiger partial charge in [-0.2, -0.15) is 0 Å². The number of halogens is 1. The monoisotopic (exact) mass is 326 g/mol. The number of Topliss-reactive ketones (excluding diaryl/α,β-unsaturated/α-hetero) is 1. The van der Waals surface area contributed by atoms with Crippen molar-refractivity contribution in [3.05, 3.63) is 65.5 Å².